The minimum absolute atomic E-state index is 0.0734. The number of carbonyl (C=O) groups excluding carboxylic acids is 1. The highest BCUT2D eigenvalue weighted by Crippen LogP contribution is 2.32. The van der Waals surface area contributed by atoms with Crippen LogP contribution in [0.3, 0.4) is 0 Å². The van der Waals surface area contributed by atoms with Crippen molar-refractivity contribution in [1.29, 1.82) is 0 Å². The molecule has 0 saturated heterocycles. The lowest BCUT2D eigenvalue weighted by Gasteiger charge is -2.16. The molecule has 100 valence electrons. The molecule has 2 atom stereocenters. The van der Waals surface area contributed by atoms with Crippen molar-refractivity contribution in [3.8, 4) is 0 Å². The molecular formula is C13H21N3OS. The van der Waals surface area contributed by atoms with Crippen molar-refractivity contribution < 1.29 is 4.79 Å². The summed E-state index contributed by atoms with van der Waals surface area (Å²) in [5.41, 5.74) is 6.79. The fraction of sp³-hybridized carbons (Fsp3) is 0.692. The number of nitrogens with one attached hydrogen (secondary N) is 1. The SMILES string of the molecule is CCc1nc(NC(=O)[C@@H]2CCC[C@@H]2CN)sc1C. The molecule has 1 fully saturated rings. The van der Waals surface area contributed by atoms with Crippen LogP contribution in [0, 0.1) is 18.8 Å². The standard InChI is InChI=1S/C13H21N3OS/c1-3-11-8(2)18-13(15-11)16-12(17)10-6-4-5-9(10)7-14/h9-10H,3-7,14H2,1-2H3,(H,15,16,17)/t9-,10-/m1/s1. The molecule has 0 radical (unpaired) electrons. The molecule has 1 saturated carbocycles. The highest BCUT2D eigenvalue weighted by atomic mass is 32.1. The minimum atomic E-state index is 0.0734. The Morgan fingerprint density at radius 2 is 2.33 bits per heavy atom. The van der Waals surface area contributed by atoms with E-state index in [1.807, 2.05) is 6.92 Å². The molecule has 5 heteroatoms. The van der Waals surface area contributed by atoms with E-state index in [2.05, 4.69) is 17.2 Å². The first-order valence-corrected chi connectivity index (χ1v) is 7.44. The lowest BCUT2D eigenvalue weighted by Crippen LogP contribution is -2.29. The fourth-order valence-corrected chi connectivity index (χ4v) is 3.58. The predicted molar refractivity (Wildman–Crippen MR) is 74.7 cm³/mol. The van der Waals surface area contributed by atoms with Gasteiger partial charge in [0, 0.05) is 10.8 Å². The van der Waals surface area contributed by atoms with Gasteiger partial charge in [0.25, 0.3) is 0 Å². The molecule has 0 spiro atoms. The molecule has 3 N–H and O–H groups in total. The van der Waals surface area contributed by atoms with E-state index in [1.165, 1.54) is 4.88 Å². The average Bonchev–Trinajstić information content (AvgIpc) is 2.95. The number of aromatic nitrogens is 1. The molecule has 0 bridgehead atoms. The first kappa shape index (κ1) is 13.5. The molecule has 18 heavy (non-hydrogen) atoms. The molecule has 0 aromatic carbocycles. The Labute approximate surface area is 112 Å². The summed E-state index contributed by atoms with van der Waals surface area (Å²) in [6.45, 7) is 4.73. The Morgan fingerprint density at radius 1 is 1.56 bits per heavy atom. The monoisotopic (exact) mass is 267 g/mol. The van der Waals surface area contributed by atoms with Crippen molar-refractivity contribution in [1.82, 2.24) is 4.98 Å². The van der Waals surface area contributed by atoms with Gasteiger partial charge in [0.2, 0.25) is 5.91 Å². The second-order valence-electron chi connectivity index (χ2n) is 4.90. The normalized spacial score (nSPS) is 23.3. The number of rotatable bonds is 4. The van der Waals surface area contributed by atoms with Crippen molar-refractivity contribution in [2.75, 3.05) is 11.9 Å². The highest BCUT2D eigenvalue weighted by molar-refractivity contribution is 7.15. The Morgan fingerprint density at radius 3 is 2.94 bits per heavy atom. The van der Waals surface area contributed by atoms with Gasteiger partial charge in [0.05, 0.1) is 5.69 Å². The molecule has 1 aromatic heterocycles. The fourth-order valence-electron chi connectivity index (χ4n) is 2.67. The Hall–Kier alpha value is -0.940. The van der Waals surface area contributed by atoms with E-state index in [4.69, 9.17) is 5.73 Å². The van der Waals surface area contributed by atoms with Gasteiger partial charge in [-0.3, -0.25) is 4.79 Å². The average molecular weight is 267 g/mol. The lowest BCUT2D eigenvalue weighted by molar-refractivity contribution is -0.120. The van der Waals surface area contributed by atoms with Gasteiger partial charge < -0.3 is 11.1 Å². The number of amides is 1. The van der Waals surface area contributed by atoms with Crippen LogP contribution in [-0.2, 0) is 11.2 Å². The van der Waals surface area contributed by atoms with Gasteiger partial charge in [0.15, 0.2) is 5.13 Å². The molecule has 1 aliphatic rings. The highest BCUT2D eigenvalue weighted by Gasteiger charge is 2.32. The third kappa shape index (κ3) is 2.72. The lowest BCUT2D eigenvalue weighted by atomic mass is 9.95. The quantitative estimate of drug-likeness (QED) is 0.879. The van der Waals surface area contributed by atoms with Crippen LogP contribution in [0.25, 0.3) is 0 Å². The van der Waals surface area contributed by atoms with E-state index < -0.39 is 0 Å². The minimum Gasteiger partial charge on any atom is -0.330 e. The molecule has 1 aromatic rings. The number of carbonyl (C=O) groups is 1. The van der Waals surface area contributed by atoms with E-state index in [0.717, 1.165) is 36.5 Å². The maximum atomic E-state index is 12.2. The smallest absolute Gasteiger partial charge is 0.229 e. The maximum Gasteiger partial charge on any atom is 0.229 e. The summed E-state index contributed by atoms with van der Waals surface area (Å²) in [5, 5.41) is 3.69. The van der Waals surface area contributed by atoms with Gasteiger partial charge in [-0.25, -0.2) is 4.98 Å². The number of anilines is 1. The van der Waals surface area contributed by atoms with E-state index in [9.17, 15) is 4.79 Å². The first-order chi connectivity index (χ1) is 8.65. The summed E-state index contributed by atoms with van der Waals surface area (Å²) >= 11 is 1.56. The number of hydrogen-bond donors (Lipinski definition) is 2. The van der Waals surface area contributed by atoms with Crippen LogP contribution >= 0.6 is 11.3 Å². The van der Waals surface area contributed by atoms with Gasteiger partial charge in [-0.05, 0) is 38.6 Å². The number of nitrogens with zero attached hydrogens (tertiary/aromatic N) is 1. The largest absolute Gasteiger partial charge is 0.330 e. The number of nitrogens with two attached hydrogens (primary N) is 1. The Bertz CT molecular complexity index is 430. The van der Waals surface area contributed by atoms with Crippen molar-refractivity contribution in [3.05, 3.63) is 10.6 Å². The molecule has 0 unspecified atom stereocenters. The van der Waals surface area contributed by atoms with Crippen LogP contribution in [0.2, 0.25) is 0 Å². The summed E-state index contributed by atoms with van der Waals surface area (Å²) < 4.78 is 0. The summed E-state index contributed by atoms with van der Waals surface area (Å²) in [4.78, 5) is 17.8. The number of hydrogen-bond acceptors (Lipinski definition) is 4. The third-order valence-corrected chi connectivity index (χ3v) is 4.68. The number of aryl methyl sites for hydroxylation is 2. The van der Waals surface area contributed by atoms with E-state index in [-0.39, 0.29) is 11.8 Å². The van der Waals surface area contributed by atoms with E-state index in [0.29, 0.717) is 12.5 Å². The van der Waals surface area contributed by atoms with Crippen molar-refractivity contribution in [3.63, 3.8) is 0 Å². The summed E-state index contributed by atoms with van der Waals surface area (Å²) in [7, 11) is 0. The van der Waals surface area contributed by atoms with E-state index >= 15 is 0 Å². The van der Waals surface area contributed by atoms with Crippen LogP contribution in [0.1, 0.15) is 36.8 Å². The Kier molecular flexibility index (Phi) is 4.35. The molecule has 1 heterocycles. The van der Waals surface area contributed by atoms with Crippen molar-refractivity contribution >= 4 is 22.4 Å². The third-order valence-electron chi connectivity index (χ3n) is 3.76. The van der Waals surface area contributed by atoms with Gasteiger partial charge in [-0.2, -0.15) is 0 Å². The Balaban J connectivity index is 2.02. The topological polar surface area (TPSA) is 68.0 Å². The van der Waals surface area contributed by atoms with Crippen LogP contribution in [0.15, 0.2) is 0 Å². The van der Waals surface area contributed by atoms with Crippen molar-refractivity contribution in [2.45, 2.75) is 39.5 Å². The zero-order valence-electron chi connectivity index (χ0n) is 11.0. The summed E-state index contributed by atoms with van der Waals surface area (Å²) in [5.74, 6) is 0.514. The maximum absolute atomic E-state index is 12.2. The van der Waals surface area contributed by atoms with Gasteiger partial charge in [0.1, 0.15) is 0 Å². The molecular weight excluding hydrogens is 246 g/mol. The zero-order chi connectivity index (χ0) is 13.1. The second kappa shape index (κ2) is 5.80. The van der Waals surface area contributed by atoms with Crippen molar-refractivity contribution in [2.24, 2.45) is 17.6 Å². The van der Waals surface area contributed by atoms with Crippen LogP contribution in [0.5, 0.6) is 0 Å². The first-order valence-electron chi connectivity index (χ1n) is 6.63. The molecule has 4 nitrogen and oxygen atoms in total. The molecule has 0 aliphatic heterocycles. The van der Waals surface area contributed by atoms with E-state index in [1.54, 1.807) is 11.3 Å². The second-order valence-corrected chi connectivity index (χ2v) is 6.10. The molecule has 1 amide bonds. The van der Waals surface area contributed by atoms with Crippen LogP contribution in [-0.4, -0.2) is 17.4 Å². The van der Waals surface area contributed by atoms with Gasteiger partial charge >= 0.3 is 0 Å². The van der Waals surface area contributed by atoms with Crippen LogP contribution in [0.4, 0.5) is 5.13 Å². The summed E-state index contributed by atoms with van der Waals surface area (Å²) in [6, 6.07) is 0. The molecule has 2 rings (SSSR count). The van der Waals surface area contributed by atoms with Gasteiger partial charge in [-0.1, -0.05) is 13.3 Å². The zero-order valence-corrected chi connectivity index (χ0v) is 11.8. The van der Waals surface area contributed by atoms with Gasteiger partial charge in [-0.15, -0.1) is 11.3 Å². The number of thiazole rings is 1. The molecule has 1 aliphatic carbocycles. The predicted octanol–water partition coefficient (Wildman–Crippen LogP) is 2.33. The summed E-state index contributed by atoms with van der Waals surface area (Å²) in [6.07, 6.45) is 4.05. The van der Waals surface area contributed by atoms with Crippen LogP contribution < -0.4 is 11.1 Å².